The molecule has 2 atom stereocenters. The van der Waals surface area contributed by atoms with Gasteiger partial charge in [-0.05, 0) is 0 Å². The summed E-state index contributed by atoms with van der Waals surface area (Å²) in [6.45, 7) is 0. The van der Waals surface area contributed by atoms with E-state index in [1.807, 2.05) is 0 Å². The molecule has 1 heterocycles. The zero-order valence-electron chi connectivity index (χ0n) is 12.0. The Kier molecular flexibility index (Phi) is 9.99. The van der Waals surface area contributed by atoms with Crippen LogP contribution in [0.3, 0.4) is 0 Å². The molecule has 0 radical (unpaired) electrons. The first kappa shape index (κ1) is 21.4. The van der Waals surface area contributed by atoms with Crippen LogP contribution >= 0.6 is 0 Å². The fourth-order valence-corrected chi connectivity index (χ4v) is 3.83. The molecular formula is C10H14GaN2NaO8. The van der Waals surface area contributed by atoms with Crippen molar-refractivity contribution in [1.29, 1.82) is 0 Å². The fourth-order valence-electron chi connectivity index (χ4n) is 1.37. The van der Waals surface area contributed by atoms with Crippen LogP contribution in [-0.2, 0) is 29.8 Å². The van der Waals surface area contributed by atoms with Gasteiger partial charge in [-0.2, -0.15) is 0 Å². The SMILES string of the molecule is N[C@@H](CCC(=O)[O][Ga]1[O]C(=O)CC[C@H](N)C(=O)[O]1)C(=O)[O-].[Na+]. The van der Waals surface area contributed by atoms with Crippen molar-refractivity contribution in [3.8, 4) is 0 Å². The molecule has 0 saturated carbocycles. The van der Waals surface area contributed by atoms with Crippen LogP contribution in [-0.4, -0.2) is 53.3 Å². The van der Waals surface area contributed by atoms with Crippen LogP contribution in [0.1, 0.15) is 25.7 Å². The Hall–Kier alpha value is -0.564. The second-order valence-corrected chi connectivity index (χ2v) is 7.01. The first-order chi connectivity index (χ1) is 9.79. The number of carboxylic acids is 1. The molecule has 22 heavy (non-hydrogen) atoms. The normalized spacial score (nSPS) is 19.7. The summed E-state index contributed by atoms with van der Waals surface area (Å²) in [6.07, 6.45) is -0.540. The van der Waals surface area contributed by atoms with Crippen molar-refractivity contribution >= 4 is 41.2 Å². The summed E-state index contributed by atoms with van der Waals surface area (Å²) in [5.74, 6) is -3.83. The van der Waals surface area contributed by atoms with Crippen LogP contribution in [0, 0.1) is 0 Å². The van der Waals surface area contributed by atoms with Crippen LogP contribution in [0.25, 0.3) is 0 Å². The minimum Gasteiger partial charge on any atom is 1.00 e. The molecule has 1 rings (SSSR count). The fraction of sp³-hybridized carbons (Fsp3) is 0.600. The minimum atomic E-state index is -3.85. The van der Waals surface area contributed by atoms with Crippen molar-refractivity contribution in [2.75, 3.05) is 0 Å². The molecule has 0 aromatic rings. The van der Waals surface area contributed by atoms with Gasteiger partial charge < -0.3 is 0 Å². The number of aliphatic carboxylic acids is 1. The van der Waals surface area contributed by atoms with E-state index < -0.39 is 53.3 Å². The van der Waals surface area contributed by atoms with Crippen LogP contribution in [0.15, 0.2) is 0 Å². The average Bonchev–Trinajstić information content (AvgIpc) is 2.40. The number of rotatable bonds is 5. The summed E-state index contributed by atoms with van der Waals surface area (Å²) in [7, 11) is 0. The van der Waals surface area contributed by atoms with Gasteiger partial charge in [-0.15, -0.1) is 0 Å². The van der Waals surface area contributed by atoms with Gasteiger partial charge in [0.1, 0.15) is 0 Å². The first-order valence-corrected chi connectivity index (χ1v) is 9.07. The predicted octanol–water partition coefficient (Wildman–Crippen LogP) is -6.42. The second kappa shape index (κ2) is 10.3. The summed E-state index contributed by atoms with van der Waals surface area (Å²) in [5, 5.41) is 10.4. The maximum Gasteiger partial charge on any atom is 1.00 e. The van der Waals surface area contributed by atoms with E-state index in [2.05, 4.69) is 0 Å². The molecule has 0 unspecified atom stereocenters. The van der Waals surface area contributed by atoms with Gasteiger partial charge in [0.15, 0.2) is 0 Å². The predicted molar refractivity (Wildman–Crippen MR) is 63.5 cm³/mol. The molecule has 12 heteroatoms. The van der Waals surface area contributed by atoms with E-state index in [1.165, 1.54) is 0 Å². The van der Waals surface area contributed by atoms with E-state index in [0.717, 1.165) is 0 Å². The van der Waals surface area contributed by atoms with E-state index in [-0.39, 0.29) is 55.2 Å². The maximum atomic E-state index is 11.5. The van der Waals surface area contributed by atoms with Crippen molar-refractivity contribution in [2.24, 2.45) is 11.5 Å². The largest absolute Gasteiger partial charge is 1.00 e. The summed E-state index contributed by atoms with van der Waals surface area (Å²) in [4.78, 5) is 44.6. The first-order valence-electron chi connectivity index (χ1n) is 6.11. The molecule has 0 bridgehead atoms. The molecule has 1 aliphatic rings. The van der Waals surface area contributed by atoms with E-state index in [1.54, 1.807) is 0 Å². The zero-order chi connectivity index (χ0) is 16.0. The number of carbonyl (C=O) groups excluding carboxylic acids is 4. The number of nitrogens with two attached hydrogens (primary N) is 2. The number of hydrogen-bond donors (Lipinski definition) is 2. The number of hydrogen-bond acceptors (Lipinski definition) is 10. The third-order valence-corrected chi connectivity index (χ3v) is 5.39. The monoisotopic (exact) mass is 382 g/mol. The molecule has 0 aromatic heterocycles. The average molecular weight is 383 g/mol. The van der Waals surface area contributed by atoms with Crippen LogP contribution in [0.4, 0.5) is 0 Å². The van der Waals surface area contributed by atoms with Gasteiger partial charge in [0.05, 0.1) is 0 Å². The van der Waals surface area contributed by atoms with E-state index in [9.17, 15) is 24.3 Å². The molecule has 116 valence electrons. The quantitative estimate of drug-likeness (QED) is 0.435. The van der Waals surface area contributed by atoms with E-state index >= 15 is 0 Å². The Balaban J connectivity index is 0.00000441. The minimum absolute atomic E-state index is 0. The van der Waals surface area contributed by atoms with Gasteiger partial charge in [-0.3, -0.25) is 0 Å². The summed E-state index contributed by atoms with van der Waals surface area (Å²) < 4.78 is 14.3. The van der Waals surface area contributed by atoms with Crippen molar-refractivity contribution < 1.29 is 64.4 Å². The van der Waals surface area contributed by atoms with E-state index in [0.29, 0.717) is 0 Å². The Morgan fingerprint density at radius 1 is 1.41 bits per heavy atom. The van der Waals surface area contributed by atoms with Crippen LogP contribution < -0.4 is 46.1 Å². The Morgan fingerprint density at radius 2 is 2.05 bits per heavy atom. The molecule has 10 nitrogen and oxygen atoms in total. The van der Waals surface area contributed by atoms with E-state index in [4.69, 9.17) is 22.1 Å². The van der Waals surface area contributed by atoms with Crippen molar-refractivity contribution in [3.05, 3.63) is 0 Å². The zero-order valence-corrected chi connectivity index (χ0v) is 16.4. The van der Waals surface area contributed by atoms with Crippen molar-refractivity contribution in [2.45, 2.75) is 37.8 Å². The third kappa shape index (κ3) is 7.62. The molecule has 0 spiro atoms. The topological polar surface area (TPSA) is 171 Å². The molecule has 1 saturated heterocycles. The molecule has 0 amide bonds. The van der Waals surface area contributed by atoms with Crippen LogP contribution in [0.2, 0.25) is 0 Å². The number of carboxylic acid groups (broad SMARTS) is 1. The Morgan fingerprint density at radius 3 is 2.64 bits per heavy atom. The van der Waals surface area contributed by atoms with Crippen LogP contribution in [0.5, 0.6) is 0 Å². The van der Waals surface area contributed by atoms with Gasteiger partial charge in [0, 0.05) is 0 Å². The van der Waals surface area contributed by atoms with Gasteiger partial charge in [-0.1, -0.05) is 0 Å². The molecule has 4 N–H and O–H groups in total. The standard InChI is InChI=1S/2C5H9NO4.Ga.Na/c2*6-3(5(9)10)1-2-4(7)8;;/h2*3H,1-2,6H2,(H,7,8)(H,9,10);;/q;;+3;+1/p-4/t2*3-;;/m00../s1. The Bertz CT molecular complexity index is 449. The maximum absolute atomic E-state index is 11.5. The van der Waals surface area contributed by atoms with Gasteiger partial charge in [0.2, 0.25) is 0 Å². The summed E-state index contributed by atoms with van der Waals surface area (Å²) in [5.41, 5.74) is 10.6. The number of carbonyl (C=O) groups is 4. The molecule has 1 fully saturated rings. The molecule has 1 aliphatic heterocycles. The smallest absolute Gasteiger partial charge is 1.00 e. The van der Waals surface area contributed by atoms with Gasteiger partial charge in [-0.25, -0.2) is 0 Å². The van der Waals surface area contributed by atoms with Crippen molar-refractivity contribution in [1.82, 2.24) is 0 Å². The van der Waals surface area contributed by atoms with Gasteiger partial charge >= 0.3 is 155 Å². The second-order valence-electron chi connectivity index (χ2n) is 4.31. The third-order valence-electron chi connectivity index (χ3n) is 2.59. The molecule has 0 aliphatic carbocycles. The molecule has 0 aromatic carbocycles. The van der Waals surface area contributed by atoms with Crippen molar-refractivity contribution in [3.63, 3.8) is 0 Å². The Labute approximate surface area is 154 Å². The summed E-state index contributed by atoms with van der Waals surface area (Å²) in [6, 6.07) is -2.29. The molecular weight excluding hydrogens is 369 g/mol. The van der Waals surface area contributed by atoms with Gasteiger partial charge in [0.25, 0.3) is 0 Å². The summed E-state index contributed by atoms with van der Waals surface area (Å²) >= 11 is -3.85.